The molecule has 0 spiro atoms. The van der Waals surface area contributed by atoms with Gasteiger partial charge < -0.3 is 25.2 Å². The molecule has 212 valence electrons. The number of alkyl halides is 1. The second kappa shape index (κ2) is 11.7. The molecule has 9 heteroatoms. The van der Waals surface area contributed by atoms with Gasteiger partial charge in [-0.05, 0) is 80.6 Å². The summed E-state index contributed by atoms with van der Waals surface area (Å²) in [6.45, 7) is 8.95. The normalized spacial score (nSPS) is 18.7. The van der Waals surface area contributed by atoms with Crippen LogP contribution in [-0.2, 0) is 6.54 Å². The SMILES string of the molecule is C=C(NCCCN1CCC(F)CC1)c1ccc2c(c1)n(CCO)c1nc(-c3ccc(C4CCCN4)cc3F)cn21. The first-order chi connectivity index (χ1) is 19.5. The van der Waals surface area contributed by atoms with E-state index in [-0.39, 0.29) is 18.5 Å². The molecule has 1 atom stereocenters. The first-order valence-corrected chi connectivity index (χ1v) is 14.5. The predicted molar refractivity (Wildman–Crippen MR) is 155 cm³/mol. The van der Waals surface area contributed by atoms with Gasteiger partial charge >= 0.3 is 0 Å². The van der Waals surface area contributed by atoms with Crippen LogP contribution in [0.3, 0.4) is 0 Å². The van der Waals surface area contributed by atoms with Crippen molar-refractivity contribution in [2.75, 3.05) is 39.3 Å². The highest BCUT2D eigenvalue weighted by molar-refractivity contribution is 5.85. The van der Waals surface area contributed by atoms with Crippen molar-refractivity contribution < 1.29 is 13.9 Å². The fraction of sp³-hybridized carbons (Fsp3) is 0.452. The Balaban J connectivity index is 1.20. The number of imidazole rings is 2. The highest BCUT2D eigenvalue weighted by atomic mass is 19.1. The standard InChI is InChI=1S/C31H38F2N6O/c1-21(34-12-3-13-37-14-9-24(32)10-15-37)22-6-8-29-30(19-22)38(16-17-40)31-36-28(20-39(29)31)25-7-5-23(18-26(25)33)27-4-2-11-35-27/h5-8,18-20,24,27,34-35,40H,1-4,9-17H2. The Morgan fingerprint density at radius 2 is 1.95 bits per heavy atom. The number of rotatable bonds is 10. The first-order valence-electron chi connectivity index (χ1n) is 14.5. The number of aliphatic hydroxyl groups excluding tert-OH is 1. The molecular weight excluding hydrogens is 510 g/mol. The molecule has 2 aliphatic rings. The summed E-state index contributed by atoms with van der Waals surface area (Å²) in [6.07, 6.45) is 5.59. The van der Waals surface area contributed by atoms with Gasteiger partial charge in [-0.25, -0.2) is 13.8 Å². The van der Waals surface area contributed by atoms with Crippen molar-refractivity contribution in [1.29, 1.82) is 0 Å². The number of hydrogen-bond acceptors (Lipinski definition) is 5. The van der Waals surface area contributed by atoms with E-state index in [0.717, 1.165) is 79.8 Å². The number of fused-ring (bicyclic) bond motifs is 3. The van der Waals surface area contributed by atoms with E-state index in [0.29, 0.717) is 36.4 Å². The van der Waals surface area contributed by atoms with Gasteiger partial charge in [0.05, 0.1) is 23.3 Å². The lowest BCUT2D eigenvalue weighted by atomic mass is 10.0. The molecule has 0 saturated carbocycles. The summed E-state index contributed by atoms with van der Waals surface area (Å²) >= 11 is 0. The van der Waals surface area contributed by atoms with E-state index < -0.39 is 6.17 Å². The van der Waals surface area contributed by atoms with Crippen LogP contribution in [0.25, 0.3) is 33.8 Å². The highest BCUT2D eigenvalue weighted by Gasteiger charge is 2.21. The minimum Gasteiger partial charge on any atom is -0.395 e. The lowest BCUT2D eigenvalue weighted by Gasteiger charge is -2.28. The highest BCUT2D eigenvalue weighted by Crippen LogP contribution is 2.31. The second-order valence-corrected chi connectivity index (χ2v) is 11.0. The maximum atomic E-state index is 15.2. The zero-order chi connectivity index (χ0) is 27.6. The van der Waals surface area contributed by atoms with Gasteiger partial charge in [0.15, 0.2) is 0 Å². The third-order valence-electron chi connectivity index (χ3n) is 8.36. The topological polar surface area (TPSA) is 69.8 Å². The molecule has 4 aromatic rings. The van der Waals surface area contributed by atoms with Crippen LogP contribution in [0.15, 0.2) is 49.2 Å². The summed E-state index contributed by atoms with van der Waals surface area (Å²) in [6, 6.07) is 11.8. The fourth-order valence-electron chi connectivity index (χ4n) is 6.12. The number of likely N-dealkylation sites (tertiary alicyclic amines) is 1. The summed E-state index contributed by atoms with van der Waals surface area (Å²) in [5.74, 6) is 0.384. The van der Waals surface area contributed by atoms with Crippen molar-refractivity contribution in [3.8, 4) is 11.3 Å². The summed E-state index contributed by atoms with van der Waals surface area (Å²) in [5, 5.41) is 16.7. The van der Waals surface area contributed by atoms with Gasteiger partial charge in [-0.3, -0.25) is 4.40 Å². The molecule has 3 N–H and O–H groups in total. The average Bonchev–Trinajstić information content (AvgIpc) is 3.70. The Morgan fingerprint density at radius 3 is 2.70 bits per heavy atom. The molecule has 6 rings (SSSR count). The minimum atomic E-state index is -0.644. The van der Waals surface area contributed by atoms with Crippen LogP contribution in [0.4, 0.5) is 8.78 Å². The van der Waals surface area contributed by atoms with E-state index >= 15 is 4.39 Å². The van der Waals surface area contributed by atoms with E-state index in [2.05, 4.69) is 28.2 Å². The Bertz CT molecular complexity index is 1500. The van der Waals surface area contributed by atoms with Crippen LogP contribution in [0.2, 0.25) is 0 Å². The molecule has 2 saturated heterocycles. The van der Waals surface area contributed by atoms with Crippen LogP contribution in [0.5, 0.6) is 0 Å². The number of benzene rings is 2. The molecule has 2 aliphatic heterocycles. The molecular formula is C31H38F2N6O. The second-order valence-electron chi connectivity index (χ2n) is 11.0. The first kappa shape index (κ1) is 26.9. The molecule has 2 aromatic heterocycles. The lowest BCUT2D eigenvalue weighted by molar-refractivity contribution is 0.150. The van der Waals surface area contributed by atoms with Crippen molar-refractivity contribution in [3.63, 3.8) is 0 Å². The van der Waals surface area contributed by atoms with Gasteiger partial charge in [-0.1, -0.05) is 18.7 Å². The van der Waals surface area contributed by atoms with E-state index in [1.54, 1.807) is 6.07 Å². The van der Waals surface area contributed by atoms with Crippen molar-refractivity contribution >= 4 is 22.5 Å². The Morgan fingerprint density at radius 1 is 1.10 bits per heavy atom. The molecule has 2 fully saturated rings. The molecule has 4 heterocycles. The van der Waals surface area contributed by atoms with Gasteiger partial charge in [0.25, 0.3) is 0 Å². The number of aliphatic hydroxyl groups is 1. The van der Waals surface area contributed by atoms with Crippen LogP contribution in [0.1, 0.15) is 49.3 Å². The molecule has 2 aromatic carbocycles. The Labute approximate surface area is 233 Å². The maximum absolute atomic E-state index is 15.2. The summed E-state index contributed by atoms with van der Waals surface area (Å²) in [5.41, 5.74) is 5.67. The molecule has 0 radical (unpaired) electrons. The summed E-state index contributed by atoms with van der Waals surface area (Å²) in [4.78, 5) is 7.13. The minimum absolute atomic E-state index is 0.0395. The monoisotopic (exact) mass is 548 g/mol. The number of nitrogens with zero attached hydrogens (tertiary/aromatic N) is 4. The Kier molecular flexibility index (Phi) is 7.87. The zero-order valence-electron chi connectivity index (χ0n) is 22.9. The van der Waals surface area contributed by atoms with Crippen molar-refractivity contribution in [1.82, 2.24) is 29.5 Å². The van der Waals surface area contributed by atoms with Crippen LogP contribution >= 0.6 is 0 Å². The number of aromatic nitrogens is 3. The number of piperidine rings is 1. The largest absolute Gasteiger partial charge is 0.395 e. The van der Waals surface area contributed by atoms with Crippen molar-refractivity contribution in [2.45, 2.75) is 50.9 Å². The molecule has 40 heavy (non-hydrogen) atoms. The lowest BCUT2D eigenvalue weighted by Crippen LogP contribution is -2.35. The van der Waals surface area contributed by atoms with Crippen LogP contribution in [-0.4, -0.2) is 69.5 Å². The molecule has 0 aliphatic carbocycles. The maximum Gasteiger partial charge on any atom is 0.215 e. The molecule has 0 bridgehead atoms. The number of hydrogen-bond donors (Lipinski definition) is 3. The molecule has 1 unspecified atom stereocenters. The third kappa shape index (κ3) is 5.38. The quantitative estimate of drug-likeness (QED) is 0.246. The molecule has 0 amide bonds. The Hall–Kier alpha value is -3.27. The zero-order valence-corrected chi connectivity index (χ0v) is 22.9. The van der Waals surface area contributed by atoms with Gasteiger partial charge in [0.1, 0.15) is 12.0 Å². The fourth-order valence-corrected chi connectivity index (χ4v) is 6.12. The number of nitrogens with one attached hydrogen (secondary N) is 2. The van der Waals surface area contributed by atoms with Crippen LogP contribution < -0.4 is 10.6 Å². The molecule has 7 nitrogen and oxygen atoms in total. The van der Waals surface area contributed by atoms with Gasteiger partial charge in [0.2, 0.25) is 5.78 Å². The van der Waals surface area contributed by atoms with Gasteiger partial charge in [-0.15, -0.1) is 0 Å². The van der Waals surface area contributed by atoms with Gasteiger partial charge in [0, 0.05) is 49.7 Å². The summed E-state index contributed by atoms with van der Waals surface area (Å²) in [7, 11) is 0. The van der Waals surface area contributed by atoms with Crippen LogP contribution in [0, 0.1) is 5.82 Å². The van der Waals surface area contributed by atoms with Crippen molar-refractivity contribution in [2.24, 2.45) is 0 Å². The smallest absolute Gasteiger partial charge is 0.215 e. The van der Waals surface area contributed by atoms with E-state index in [1.165, 1.54) is 0 Å². The average molecular weight is 549 g/mol. The van der Waals surface area contributed by atoms with E-state index in [4.69, 9.17) is 4.98 Å². The van der Waals surface area contributed by atoms with Crippen molar-refractivity contribution in [3.05, 3.63) is 66.1 Å². The van der Waals surface area contributed by atoms with Gasteiger partial charge in [-0.2, -0.15) is 0 Å². The third-order valence-corrected chi connectivity index (χ3v) is 8.36. The summed E-state index contributed by atoms with van der Waals surface area (Å²) < 4.78 is 32.5. The van der Waals surface area contributed by atoms with E-state index in [1.807, 2.05) is 39.4 Å². The number of halogens is 2. The predicted octanol–water partition coefficient (Wildman–Crippen LogP) is 4.90. The van der Waals surface area contributed by atoms with E-state index in [9.17, 15) is 9.50 Å².